The van der Waals surface area contributed by atoms with E-state index in [2.05, 4.69) is 10.2 Å². The minimum atomic E-state index is -0.171. The van der Waals surface area contributed by atoms with Gasteiger partial charge in [0.25, 0.3) is 0 Å². The van der Waals surface area contributed by atoms with Crippen molar-refractivity contribution in [2.75, 3.05) is 32.0 Å². The average Bonchev–Trinajstić information content (AvgIpc) is 2.56. The molecule has 0 aromatic heterocycles. The van der Waals surface area contributed by atoms with Gasteiger partial charge < -0.3 is 10.2 Å². The minimum absolute atomic E-state index is 0.00551. The van der Waals surface area contributed by atoms with Gasteiger partial charge in [0.2, 0.25) is 11.8 Å². The predicted octanol–water partition coefficient (Wildman–Crippen LogP) is 2.27. The first-order valence-electron chi connectivity index (χ1n) is 8.33. The number of amides is 2. The maximum absolute atomic E-state index is 12.5. The molecule has 1 saturated heterocycles. The summed E-state index contributed by atoms with van der Waals surface area (Å²) in [5, 5.41) is 2.83. The molecule has 2 rings (SSSR count). The third-order valence-electron chi connectivity index (χ3n) is 4.39. The monoisotopic (exact) mass is 317 g/mol. The molecule has 5 heteroatoms. The summed E-state index contributed by atoms with van der Waals surface area (Å²) in [4.78, 5) is 28.3. The molecular weight excluding hydrogens is 290 g/mol. The van der Waals surface area contributed by atoms with Gasteiger partial charge in [-0.3, -0.25) is 14.5 Å². The van der Waals surface area contributed by atoms with Gasteiger partial charge in [0.05, 0.1) is 12.6 Å². The number of anilines is 1. The van der Waals surface area contributed by atoms with E-state index in [1.54, 1.807) is 7.05 Å². The lowest BCUT2D eigenvalue weighted by atomic mass is 10.1. The summed E-state index contributed by atoms with van der Waals surface area (Å²) in [7, 11) is 1.69. The highest BCUT2D eigenvalue weighted by Gasteiger charge is 2.26. The number of nitrogens with one attached hydrogen (secondary N) is 1. The van der Waals surface area contributed by atoms with Crippen LogP contribution in [-0.2, 0) is 9.59 Å². The molecule has 1 aliphatic rings. The zero-order valence-electron chi connectivity index (χ0n) is 14.3. The number of carbonyl (C=O) groups is 2. The highest BCUT2D eigenvalue weighted by Crippen LogP contribution is 2.13. The third-order valence-corrected chi connectivity index (χ3v) is 4.39. The van der Waals surface area contributed by atoms with Gasteiger partial charge in [-0.1, -0.05) is 24.1 Å². The first-order valence-corrected chi connectivity index (χ1v) is 8.33. The molecule has 0 bridgehead atoms. The number of piperidine rings is 1. The number of hydrogen-bond acceptors (Lipinski definition) is 3. The SMILES string of the molecule is Cc1ccc(NC(=O)CN(C)C(=O)[C@H](C)N2CCCCC2)cc1. The Morgan fingerprint density at radius 2 is 1.78 bits per heavy atom. The molecule has 0 unspecified atom stereocenters. The summed E-state index contributed by atoms with van der Waals surface area (Å²) < 4.78 is 0. The van der Waals surface area contributed by atoms with Crippen molar-refractivity contribution < 1.29 is 9.59 Å². The topological polar surface area (TPSA) is 52.7 Å². The van der Waals surface area contributed by atoms with Crippen LogP contribution in [0.5, 0.6) is 0 Å². The van der Waals surface area contributed by atoms with Crippen LogP contribution in [0, 0.1) is 6.92 Å². The van der Waals surface area contributed by atoms with E-state index in [9.17, 15) is 9.59 Å². The Balaban J connectivity index is 1.84. The second kappa shape index (κ2) is 8.11. The molecule has 0 spiro atoms. The van der Waals surface area contributed by atoms with E-state index in [0.717, 1.165) is 37.2 Å². The van der Waals surface area contributed by atoms with Crippen LogP contribution < -0.4 is 5.32 Å². The summed E-state index contributed by atoms with van der Waals surface area (Å²) >= 11 is 0. The van der Waals surface area contributed by atoms with Crippen molar-refractivity contribution in [2.24, 2.45) is 0 Å². The van der Waals surface area contributed by atoms with E-state index in [1.165, 1.54) is 11.3 Å². The van der Waals surface area contributed by atoms with Gasteiger partial charge in [-0.25, -0.2) is 0 Å². The standard InChI is InChI=1S/C18H27N3O2/c1-14-7-9-16(10-8-14)19-17(22)13-20(3)18(23)15(2)21-11-5-4-6-12-21/h7-10,15H,4-6,11-13H2,1-3H3,(H,19,22)/t15-/m0/s1. The summed E-state index contributed by atoms with van der Waals surface area (Å²) in [6, 6.07) is 7.47. The van der Waals surface area contributed by atoms with E-state index >= 15 is 0 Å². The van der Waals surface area contributed by atoms with Gasteiger partial charge in [-0.05, 0) is 51.9 Å². The molecule has 5 nitrogen and oxygen atoms in total. The molecule has 1 N–H and O–H groups in total. The van der Waals surface area contributed by atoms with Crippen LogP contribution in [0.3, 0.4) is 0 Å². The van der Waals surface area contributed by atoms with Crippen molar-refractivity contribution in [2.45, 2.75) is 39.2 Å². The molecule has 23 heavy (non-hydrogen) atoms. The van der Waals surface area contributed by atoms with E-state index in [1.807, 2.05) is 38.1 Å². The summed E-state index contributed by atoms with van der Waals surface area (Å²) in [6.45, 7) is 5.94. The van der Waals surface area contributed by atoms with E-state index < -0.39 is 0 Å². The quantitative estimate of drug-likeness (QED) is 0.906. The Labute approximate surface area is 138 Å². The van der Waals surface area contributed by atoms with Crippen LogP contribution >= 0.6 is 0 Å². The van der Waals surface area contributed by atoms with Crippen molar-refractivity contribution in [3.8, 4) is 0 Å². The molecule has 1 aliphatic heterocycles. The van der Waals surface area contributed by atoms with Crippen molar-refractivity contribution in [1.82, 2.24) is 9.80 Å². The van der Waals surface area contributed by atoms with Crippen LogP contribution in [0.2, 0.25) is 0 Å². The van der Waals surface area contributed by atoms with Gasteiger partial charge in [0, 0.05) is 12.7 Å². The Bertz CT molecular complexity index is 536. The highest BCUT2D eigenvalue weighted by atomic mass is 16.2. The summed E-state index contributed by atoms with van der Waals surface area (Å²) in [5.41, 5.74) is 1.90. The minimum Gasteiger partial charge on any atom is -0.335 e. The smallest absolute Gasteiger partial charge is 0.243 e. The van der Waals surface area contributed by atoms with Gasteiger partial charge in [0.1, 0.15) is 0 Å². The second-order valence-electron chi connectivity index (χ2n) is 6.38. The molecule has 1 aromatic rings. The van der Waals surface area contributed by atoms with Crippen molar-refractivity contribution in [1.29, 1.82) is 0 Å². The number of benzene rings is 1. The number of hydrogen-bond donors (Lipinski definition) is 1. The number of nitrogens with zero attached hydrogens (tertiary/aromatic N) is 2. The molecule has 0 aliphatic carbocycles. The first kappa shape index (κ1) is 17.5. The molecule has 1 atom stereocenters. The maximum atomic E-state index is 12.5. The van der Waals surface area contributed by atoms with Gasteiger partial charge in [-0.2, -0.15) is 0 Å². The van der Waals surface area contributed by atoms with Gasteiger partial charge in [0.15, 0.2) is 0 Å². The first-order chi connectivity index (χ1) is 11.0. The Hall–Kier alpha value is -1.88. The molecule has 2 amide bonds. The Morgan fingerprint density at radius 3 is 2.39 bits per heavy atom. The van der Waals surface area contributed by atoms with E-state index in [-0.39, 0.29) is 24.4 Å². The number of carbonyl (C=O) groups excluding carboxylic acids is 2. The van der Waals surface area contributed by atoms with E-state index in [0.29, 0.717) is 0 Å². The van der Waals surface area contributed by atoms with Crippen LogP contribution in [0.1, 0.15) is 31.7 Å². The van der Waals surface area contributed by atoms with E-state index in [4.69, 9.17) is 0 Å². The fraction of sp³-hybridized carbons (Fsp3) is 0.556. The van der Waals surface area contributed by atoms with Crippen LogP contribution in [0.15, 0.2) is 24.3 Å². The number of likely N-dealkylation sites (tertiary alicyclic amines) is 1. The Morgan fingerprint density at radius 1 is 1.17 bits per heavy atom. The molecule has 0 saturated carbocycles. The predicted molar refractivity (Wildman–Crippen MR) is 92.3 cm³/mol. The fourth-order valence-electron chi connectivity index (χ4n) is 2.91. The zero-order chi connectivity index (χ0) is 16.8. The largest absolute Gasteiger partial charge is 0.335 e. The van der Waals surface area contributed by atoms with Crippen molar-refractivity contribution in [3.63, 3.8) is 0 Å². The molecular formula is C18H27N3O2. The normalized spacial score (nSPS) is 16.7. The van der Waals surface area contributed by atoms with Gasteiger partial charge >= 0.3 is 0 Å². The molecule has 126 valence electrons. The molecule has 1 fully saturated rings. The molecule has 1 heterocycles. The number of likely N-dealkylation sites (N-methyl/N-ethyl adjacent to an activating group) is 1. The van der Waals surface area contributed by atoms with Crippen molar-refractivity contribution >= 4 is 17.5 Å². The van der Waals surface area contributed by atoms with Gasteiger partial charge in [-0.15, -0.1) is 0 Å². The van der Waals surface area contributed by atoms with Crippen LogP contribution in [0.4, 0.5) is 5.69 Å². The zero-order valence-corrected chi connectivity index (χ0v) is 14.3. The highest BCUT2D eigenvalue weighted by molar-refractivity contribution is 5.95. The third kappa shape index (κ3) is 5.06. The second-order valence-corrected chi connectivity index (χ2v) is 6.38. The van der Waals surface area contributed by atoms with Crippen LogP contribution in [-0.4, -0.2) is 54.3 Å². The lowest BCUT2D eigenvalue weighted by molar-refractivity contribution is -0.138. The van der Waals surface area contributed by atoms with Crippen molar-refractivity contribution in [3.05, 3.63) is 29.8 Å². The average molecular weight is 317 g/mol. The lowest BCUT2D eigenvalue weighted by Crippen LogP contribution is -2.49. The lowest BCUT2D eigenvalue weighted by Gasteiger charge is -2.33. The summed E-state index contributed by atoms with van der Waals surface area (Å²) in [6.07, 6.45) is 3.54. The maximum Gasteiger partial charge on any atom is 0.243 e. The fourth-order valence-corrected chi connectivity index (χ4v) is 2.91. The summed E-state index contributed by atoms with van der Waals surface area (Å²) in [5.74, 6) is -0.165. The molecule has 0 radical (unpaired) electrons. The Kier molecular flexibility index (Phi) is 6.16. The van der Waals surface area contributed by atoms with Crippen LogP contribution in [0.25, 0.3) is 0 Å². The molecule has 1 aromatic carbocycles. The number of aryl methyl sites for hydroxylation is 1. The number of rotatable bonds is 5.